The van der Waals surface area contributed by atoms with Gasteiger partial charge in [0.05, 0.1) is 11.8 Å². The van der Waals surface area contributed by atoms with Gasteiger partial charge in [0.1, 0.15) is 11.7 Å². The van der Waals surface area contributed by atoms with Crippen LogP contribution in [0.15, 0.2) is 22.8 Å². The minimum atomic E-state index is -2.59. The highest BCUT2D eigenvalue weighted by Gasteiger charge is 2.76. The summed E-state index contributed by atoms with van der Waals surface area (Å²) < 4.78 is 29.2. The van der Waals surface area contributed by atoms with E-state index in [1.54, 1.807) is 40.7 Å². The average Bonchev–Trinajstić information content (AvgIpc) is 3.25. The van der Waals surface area contributed by atoms with Crippen LogP contribution in [0, 0.1) is 17.8 Å². The number of hydrogen-bond donors (Lipinski definition) is 2. The topological polar surface area (TPSA) is 172 Å². The molecular weight excluding hydrogens is 576 g/mol. The van der Waals surface area contributed by atoms with Crippen molar-refractivity contribution >= 4 is 29.8 Å². The fraction of sp³-hybridized carbons (Fsp3) is 0.719. The lowest BCUT2D eigenvalue weighted by atomic mass is 9.75. The van der Waals surface area contributed by atoms with Gasteiger partial charge in [0.15, 0.2) is 29.5 Å². The number of allylic oxidation sites excluding steroid dienone is 1. The molecule has 246 valence electrons. The molecule has 12 heteroatoms. The second-order valence-electron chi connectivity index (χ2n) is 13.0. The van der Waals surface area contributed by atoms with Crippen LogP contribution in [0.5, 0.6) is 0 Å². The average molecular weight is 623 g/mol. The molecule has 0 aromatic heterocycles. The number of rotatable bonds is 9. The maximum atomic E-state index is 13.2. The number of esters is 5. The minimum absolute atomic E-state index is 0.0165. The Bertz CT molecular complexity index is 1260. The quantitative estimate of drug-likeness (QED) is 0.167. The first-order chi connectivity index (χ1) is 20.3. The van der Waals surface area contributed by atoms with Crippen LogP contribution in [0.1, 0.15) is 88.5 Å². The summed E-state index contributed by atoms with van der Waals surface area (Å²) in [6.45, 7) is 15.5. The molecule has 0 radical (unpaired) electrons. The third-order valence-corrected chi connectivity index (χ3v) is 9.15. The molecule has 44 heavy (non-hydrogen) atoms. The Morgan fingerprint density at radius 1 is 1.07 bits per heavy atom. The molecule has 3 aliphatic rings. The van der Waals surface area contributed by atoms with Crippen LogP contribution in [0.4, 0.5) is 0 Å². The summed E-state index contributed by atoms with van der Waals surface area (Å²) in [6.07, 6.45) is -4.27. The van der Waals surface area contributed by atoms with Gasteiger partial charge >= 0.3 is 29.8 Å². The highest BCUT2D eigenvalue weighted by molar-refractivity contribution is 5.88. The van der Waals surface area contributed by atoms with Crippen molar-refractivity contribution in [2.45, 2.75) is 130 Å². The van der Waals surface area contributed by atoms with Crippen LogP contribution < -0.4 is 0 Å². The first-order valence-corrected chi connectivity index (χ1v) is 15.1. The number of aliphatic hydroxyl groups is 2. The van der Waals surface area contributed by atoms with Crippen molar-refractivity contribution in [3.05, 3.63) is 22.8 Å². The van der Waals surface area contributed by atoms with Crippen LogP contribution in [-0.4, -0.2) is 81.3 Å². The largest absolute Gasteiger partial charge is 0.459 e. The minimum Gasteiger partial charge on any atom is -0.459 e. The van der Waals surface area contributed by atoms with Crippen molar-refractivity contribution in [2.75, 3.05) is 0 Å². The molecule has 1 saturated carbocycles. The summed E-state index contributed by atoms with van der Waals surface area (Å²) in [6, 6.07) is 0. The second-order valence-corrected chi connectivity index (χ2v) is 13.0. The van der Waals surface area contributed by atoms with Gasteiger partial charge in [0, 0.05) is 25.3 Å². The molecule has 2 fully saturated rings. The van der Waals surface area contributed by atoms with Gasteiger partial charge in [0.25, 0.3) is 0 Å². The Labute approximate surface area is 258 Å². The van der Waals surface area contributed by atoms with E-state index in [4.69, 9.17) is 23.7 Å². The number of carbonyl (C=O) groups excluding carboxylic acids is 5. The van der Waals surface area contributed by atoms with Crippen LogP contribution in [0.25, 0.3) is 0 Å². The van der Waals surface area contributed by atoms with Gasteiger partial charge in [-0.1, -0.05) is 33.8 Å². The van der Waals surface area contributed by atoms with E-state index in [-0.39, 0.29) is 29.1 Å². The molecule has 1 saturated heterocycles. The zero-order valence-corrected chi connectivity index (χ0v) is 27.2. The molecular formula is C32H46O12. The SMILES string of the molecule is CC=C(C)C(=O)OC1C(C)=C2C(C1OC(=O)CC(C)C)C(C)(OC(C)=O)CC(OC(=O)C(C)CC)C1(O)C2OC(=O)C1(C)O. The van der Waals surface area contributed by atoms with Gasteiger partial charge in [-0.05, 0) is 58.1 Å². The van der Waals surface area contributed by atoms with E-state index < -0.39 is 89.3 Å². The fourth-order valence-electron chi connectivity index (χ4n) is 6.35. The molecule has 9 unspecified atom stereocenters. The number of hydrogen-bond acceptors (Lipinski definition) is 12. The molecule has 0 aromatic carbocycles. The number of ether oxygens (including phenoxy) is 5. The Balaban J connectivity index is 2.34. The second kappa shape index (κ2) is 12.6. The molecule has 2 aliphatic carbocycles. The van der Waals surface area contributed by atoms with E-state index in [0.717, 1.165) is 6.92 Å². The predicted molar refractivity (Wildman–Crippen MR) is 154 cm³/mol. The van der Waals surface area contributed by atoms with E-state index in [0.29, 0.717) is 6.42 Å². The summed E-state index contributed by atoms with van der Waals surface area (Å²) in [5.74, 6) is -5.81. The molecule has 1 aliphatic heterocycles. The highest BCUT2D eigenvalue weighted by Crippen LogP contribution is 2.57. The third kappa shape index (κ3) is 6.02. The Hall–Kier alpha value is -3.25. The van der Waals surface area contributed by atoms with E-state index >= 15 is 0 Å². The van der Waals surface area contributed by atoms with Gasteiger partial charge in [0.2, 0.25) is 0 Å². The molecule has 9 atom stereocenters. The maximum absolute atomic E-state index is 13.2. The predicted octanol–water partition coefficient (Wildman–Crippen LogP) is 2.86. The molecule has 0 bridgehead atoms. The maximum Gasteiger partial charge on any atom is 0.341 e. The van der Waals surface area contributed by atoms with Gasteiger partial charge in [-0.15, -0.1) is 0 Å². The third-order valence-electron chi connectivity index (χ3n) is 9.15. The normalized spacial score (nSPS) is 35.7. The van der Waals surface area contributed by atoms with E-state index in [9.17, 15) is 34.2 Å². The van der Waals surface area contributed by atoms with Crippen molar-refractivity contribution in [3.8, 4) is 0 Å². The Kier molecular flexibility index (Phi) is 10.1. The van der Waals surface area contributed by atoms with Crippen molar-refractivity contribution in [1.29, 1.82) is 0 Å². The van der Waals surface area contributed by atoms with Crippen LogP contribution >= 0.6 is 0 Å². The molecule has 1 heterocycles. The summed E-state index contributed by atoms with van der Waals surface area (Å²) in [5, 5.41) is 23.9. The van der Waals surface area contributed by atoms with Gasteiger partial charge < -0.3 is 33.9 Å². The van der Waals surface area contributed by atoms with Crippen LogP contribution in [-0.2, 0) is 47.7 Å². The van der Waals surface area contributed by atoms with Crippen molar-refractivity contribution in [3.63, 3.8) is 0 Å². The summed E-state index contributed by atoms with van der Waals surface area (Å²) >= 11 is 0. The van der Waals surface area contributed by atoms with Crippen molar-refractivity contribution in [2.24, 2.45) is 17.8 Å². The summed E-state index contributed by atoms with van der Waals surface area (Å²) in [7, 11) is 0. The first kappa shape index (κ1) is 35.2. The van der Waals surface area contributed by atoms with E-state index in [2.05, 4.69) is 0 Å². The number of carbonyl (C=O) groups is 5. The summed E-state index contributed by atoms with van der Waals surface area (Å²) in [5.41, 5.74) is -6.19. The summed E-state index contributed by atoms with van der Waals surface area (Å²) in [4.78, 5) is 65.0. The molecule has 0 amide bonds. The molecule has 3 rings (SSSR count). The molecule has 2 N–H and O–H groups in total. The van der Waals surface area contributed by atoms with Crippen molar-refractivity contribution in [1.82, 2.24) is 0 Å². The van der Waals surface area contributed by atoms with Crippen molar-refractivity contribution < 1.29 is 57.9 Å². The van der Waals surface area contributed by atoms with Crippen LogP contribution in [0.2, 0.25) is 0 Å². The van der Waals surface area contributed by atoms with E-state index in [1.807, 2.05) is 13.8 Å². The standard InChI is InChI=1S/C32H46O12/c1-11-16(5)27(35)40-20-14-30(9,44-19(8)33)23-22(26-32(20,39)31(10,38)29(37)43-26)18(7)24(42-28(36)17(6)12-2)25(23)41-21(34)13-15(3)4/h12,15-16,20,23-26,38-39H,11,13-14H2,1-10H3. The lowest BCUT2D eigenvalue weighted by molar-refractivity contribution is -0.214. The molecule has 0 aromatic rings. The smallest absolute Gasteiger partial charge is 0.341 e. The van der Waals surface area contributed by atoms with Gasteiger partial charge in [-0.25, -0.2) is 9.59 Å². The first-order valence-electron chi connectivity index (χ1n) is 15.1. The van der Waals surface area contributed by atoms with E-state index in [1.165, 1.54) is 13.8 Å². The van der Waals surface area contributed by atoms with Gasteiger partial charge in [-0.3, -0.25) is 14.4 Å². The lowest BCUT2D eigenvalue weighted by Crippen LogP contribution is -2.64. The lowest BCUT2D eigenvalue weighted by Gasteiger charge is -2.42. The van der Waals surface area contributed by atoms with Crippen LogP contribution in [0.3, 0.4) is 0 Å². The number of fused-ring (bicyclic) bond motifs is 3. The molecule has 12 nitrogen and oxygen atoms in total. The Morgan fingerprint density at radius 2 is 1.68 bits per heavy atom. The zero-order chi connectivity index (χ0) is 33.5. The highest BCUT2D eigenvalue weighted by atomic mass is 16.6. The monoisotopic (exact) mass is 622 g/mol. The fourth-order valence-corrected chi connectivity index (χ4v) is 6.35. The zero-order valence-electron chi connectivity index (χ0n) is 27.2. The Morgan fingerprint density at radius 3 is 2.20 bits per heavy atom. The van der Waals surface area contributed by atoms with Gasteiger partial charge in [-0.2, -0.15) is 0 Å². The molecule has 0 spiro atoms.